The molecule has 1 aliphatic rings. The van der Waals surface area contributed by atoms with Gasteiger partial charge in [0.2, 0.25) is 0 Å². The van der Waals surface area contributed by atoms with Crippen LogP contribution < -0.4 is 4.74 Å². The van der Waals surface area contributed by atoms with Gasteiger partial charge in [0, 0.05) is 9.99 Å². The van der Waals surface area contributed by atoms with Gasteiger partial charge in [-0.3, -0.25) is 0 Å². The van der Waals surface area contributed by atoms with Crippen molar-refractivity contribution in [1.82, 2.24) is 0 Å². The molecule has 0 radical (unpaired) electrons. The van der Waals surface area contributed by atoms with Gasteiger partial charge in [-0.15, -0.1) is 0 Å². The van der Waals surface area contributed by atoms with Crippen molar-refractivity contribution in [3.8, 4) is 5.75 Å². The van der Waals surface area contributed by atoms with Crippen molar-refractivity contribution in [1.29, 1.82) is 0 Å². The van der Waals surface area contributed by atoms with Crippen LogP contribution >= 0.6 is 22.6 Å². The maximum Gasteiger partial charge on any atom is 0.124 e. The Bertz CT molecular complexity index is 408. The van der Waals surface area contributed by atoms with Gasteiger partial charge >= 0.3 is 0 Å². The van der Waals surface area contributed by atoms with Crippen LogP contribution in [-0.2, 0) is 4.74 Å². The Hall–Kier alpha value is -0.290. The minimum absolute atomic E-state index is 0.143. The van der Waals surface area contributed by atoms with E-state index in [9.17, 15) is 0 Å². The molecule has 112 valence electrons. The quantitative estimate of drug-likeness (QED) is 0.495. The first kappa shape index (κ1) is 16.1. The third kappa shape index (κ3) is 3.88. The predicted octanol–water partition coefficient (Wildman–Crippen LogP) is 5.16. The number of ether oxygens (including phenoxy) is 2. The van der Waals surface area contributed by atoms with Gasteiger partial charge < -0.3 is 9.47 Å². The fourth-order valence-corrected chi connectivity index (χ4v) is 3.84. The maximum atomic E-state index is 6.49. The molecule has 20 heavy (non-hydrogen) atoms. The van der Waals surface area contributed by atoms with Crippen LogP contribution in [0.4, 0.5) is 0 Å². The Kier molecular flexibility index (Phi) is 6.62. The number of para-hydroxylation sites is 1. The van der Waals surface area contributed by atoms with Crippen LogP contribution in [0, 0.1) is 5.92 Å². The molecule has 1 aromatic carbocycles. The van der Waals surface area contributed by atoms with E-state index in [4.69, 9.17) is 9.47 Å². The molecule has 0 spiro atoms. The van der Waals surface area contributed by atoms with Crippen LogP contribution in [0.5, 0.6) is 5.75 Å². The largest absolute Gasteiger partial charge is 0.496 e. The standard InChI is InChI=1S/C17H25IO2/c1-3-13-8-4-6-10-15(13)20-17(12-18)14-9-5-7-11-16(14)19-2/h5,7,9,11,13,15,17H,3-4,6,8,10,12H2,1-2H3. The topological polar surface area (TPSA) is 18.5 Å². The average molecular weight is 388 g/mol. The van der Waals surface area contributed by atoms with Gasteiger partial charge in [0.1, 0.15) is 5.75 Å². The van der Waals surface area contributed by atoms with Crippen LogP contribution in [0.25, 0.3) is 0 Å². The van der Waals surface area contributed by atoms with Gasteiger partial charge in [0.25, 0.3) is 0 Å². The third-order valence-corrected chi connectivity index (χ3v) is 5.13. The van der Waals surface area contributed by atoms with Crippen molar-refractivity contribution in [2.75, 3.05) is 11.5 Å². The number of rotatable bonds is 6. The molecule has 2 rings (SSSR count). The highest BCUT2D eigenvalue weighted by Crippen LogP contribution is 2.36. The van der Waals surface area contributed by atoms with Crippen LogP contribution in [0.1, 0.15) is 50.7 Å². The van der Waals surface area contributed by atoms with E-state index in [1.807, 2.05) is 12.1 Å². The van der Waals surface area contributed by atoms with Gasteiger partial charge in [-0.2, -0.15) is 0 Å². The summed E-state index contributed by atoms with van der Waals surface area (Å²) < 4.78 is 12.9. The highest BCUT2D eigenvalue weighted by Gasteiger charge is 2.28. The summed E-state index contributed by atoms with van der Waals surface area (Å²) >= 11 is 2.42. The van der Waals surface area contributed by atoms with E-state index in [0.717, 1.165) is 16.1 Å². The van der Waals surface area contributed by atoms with Crippen molar-refractivity contribution in [3.63, 3.8) is 0 Å². The molecule has 3 heteroatoms. The van der Waals surface area contributed by atoms with Crippen molar-refractivity contribution in [2.24, 2.45) is 5.92 Å². The fourth-order valence-electron chi connectivity index (χ4n) is 3.16. The smallest absolute Gasteiger partial charge is 0.124 e. The van der Waals surface area contributed by atoms with E-state index in [2.05, 4.69) is 41.6 Å². The van der Waals surface area contributed by atoms with Crippen molar-refractivity contribution in [3.05, 3.63) is 29.8 Å². The first-order valence-electron chi connectivity index (χ1n) is 7.64. The van der Waals surface area contributed by atoms with Gasteiger partial charge in [-0.05, 0) is 24.8 Å². The lowest BCUT2D eigenvalue weighted by atomic mass is 9.84. The Balaban J connectivity index is 2.11. The van der Waals surface area contributed by atoms with Gasteiger partial charge in [-0.25, -0.2) is 0 Å². The average Bonchev–Trinajstić information content (AvgIpc) is 2.53. The molecular weight excluding hydrogens is 363 g/mol. The summed E-state index contributed by atoms with van der Waals surface area (Å²) in [6.07, 6.45) is 6.98. The minimum atomic E-state index is 0.143. The van der Waals surface area contributed by atoms with Gasteiger partial charge in [0.15, 0.2) is 0 Å². The summed E-state index contributed by atoms with van der Waals surface area (Å²) in [5.74, 6) is 1.67. The van der Waals surface area contributed by atoms with Crippen LogP contribution in [0.2, 0.25) is 0 Å². The van der Waals surface area contributed by atoms with E-state index in [-0.39, 0.29) is 6.10 Å². The van der Waals surface area contributed by atoms with Gasteiger partial charge in [0.05, 0.1) is 19.3 Å². The Labute approximate surface area is 136 Å². The number of hydrogen-bond acceptors (Lipinski definition) is 2. The van der Waals surface area contributed by atoms with Crippen LogP contribution in [0.3, 0.4) is 0 Å². The molecule has 1 aromatic rings. The molecule has 3 atom stereocenters. The first-order chi connectivity index (χ1) is 9.80. The highest BCUT2D eigenvalue weighted by molar-refractivity contribution is 14.1. The summed E-state index contributed by atoms with van der Waals surface area (Å²) in [4.78, 5) is 0. The predicted molar refractivity (Wildman–Crippen MR) is 91.7 cm³/mol. The summed E-state index contributed by atoms with van der Waals surface area (Å²) in [7, 11) is 1.73. The molecule has 0 N–H and O–H groups in total. The molecule has 2 nitrogen and oxygen atoms in total. The summed E-state index contributed by atoms with van der Waals surface area (Å²) in [5, 5.41) is 0. The second-order valence-corrected chi connectivity index (χ2v) is 6.39. The summed E-state index contributed by atoms with van der Waals surface area (Å²) in [6.45, 7) is 2.29. The normalized spacial score (nSPS) is 24.4. The molecule has 1 fully saturated rings. The number of benzene rings is 1. The van der Waals surface area contributed by atoms with E-state index < -0.39 is 0 Å². The zero-order valence-corrected chi connectivity index (χ0v) is 14.6. The number of hydrogen-bond donors (Lipinski definition) is 0. The number of methoxy groups -OCH3 is 1. The number of halogens is 1. The molecule has 0 amide bonds. The van der Waals surface area contributed by atoms with E-state index in [1.165, 1.54) is 37.7 Å². The monoisotopic (exact) mass is 388 g/mol. The van der Waals surface area contributed by atoms with E-state index >= 15 is 0 Å². The molecular formula is C17H25IO2. The molecule has 0 saturated heterocycles. The van der Waals surface area contributed by atoms with Gasteiger partial charge in [-0.1, -0.05) is 67.0 Å². The lowest BCUT2D eigenvalue weighted by Gasteiger charge is -2.34. The number of alkyl halides is 1. The third-order valence-electron chi connectivity index (χ3n) is 4.33. The maximum absolute atomic E-state index is 6.49. The molecule has 1 saturated carbocycles. The van der Waals surface area contributed by atoms with Crippen molar-refractivity contribution < 1.29 is 9.47 Å². The molecule has 0 aliphatic heterocycles. The van der Waals surface area contributed by atoms with Crippen LogP contribution in [0.15, 0.2) is 24.3 Å². The fraction of sp³-hybridized carbons (Fsp3) is 0.647. The van der Waals surface area contributed by atoms with Crippen LogP contribution in [-0.4, -0.2) is 17.6 Å². The second kappa shape index (κ2) is 8.23. The second-order valence-electron chi connectivity index (χ2n) is 5.51. The molecule has 0 heterocycles. The lowest BCUT2D eigenvalue weighted by Crippen LogP contribution is -2.29. The van der Waals surface area contributed by atoms with E-state index in [0.29, 0.717) is 6.10 Å². The molecule has 3 unspecified atom stereocenters. The van der Waals surface area contributed by atoms with E-state index in [1.54, 1.807) is 7.11 Å². The highest BCUT2D eigenvalue weighted by atomic mass is 127. The summed E-state index contributed by atoms with van der Waals surface area (Å²) in [5.41, 5.74) is 1.19. The Morgan fingerprint density at radius 1 is 1.25 bits per heavy atom. The molecule has 1 aliphatic carbocycles. The molecule has 0 aromatic heterocycles. The van der Waals surface area contributed by atoms with Crippen molar-refractivity contribution >= 4 is 22.6 Å². The summed E-state index contributed by atoms with van der Waals surface area (Å²) in [6, 6.07) is 8.24. The Morgan fingerprint density at radius 3 is 2.70 bits per heavy atom. The molecule has 0 bridgehead atoms. The SMILES string of the molecule is CCC1CCCCC1OC(CI)c1ccccc1OC. The van der Waals surface area contributed by atoms with Crippen molar-refractivity contribution in [2.45, 2.75) is 51.2 Å². The zero-order valence-electron chi connectivity index (χ0n) is 12.5. The Morgan fingerprint density at radius 2 is 2.00 bits per heavy atom. The first-order valence-corrected chi connectivity index (χ1v) is 9.17. The lowest BCUT2D eigenvalue weighted by molar-refractivity contribution is -0.0524. The minimum Gasteiger partial charge on any atom is -0.496 e. The zero-order chi connectivity index (χ0) is 14.4.